The van der Waals surface area contributed by atoms with Crippen LogP contribution in [0.4, 0.5) is 0 Å². The third-order valence-electron chi connectivity index (χ3n) is 1.83. The molecule has 1 N–H and O–H groups in total. The van der Waals surface area contributed by atoms with Gasteiger partial charge >= 0.3 is 0 Å². The van der Waals surface area contributed by atoms with Crippen LogP contribution in [0.3, 0.4) is 0 Å². The zero-order valence-corrected chi connectivity index (χ0v) is 8.42. The highest BCUT2D eigenvalue weighted by Crippen LogP contribution is 1.99. The highest BCUT2D eigenvalue weighted by molar-refractivity contribution is 5.84. The SMILES string of the molecule is CC#C[C@H](C)OC1CN=C(C)CN1. The first kappa shape index (κ1) is 10.2. The normalized spacial score (nSPS) is 24.2. The van der Waals surface area contributed by atoms with Crippen LogP contribution in [-0.4, -0.2) is 31.1 Å². The zero-order chi connectivity index (χ0) is 9.68. The summed E-state index contributed by atoms with van der Waals surface area (Å²) in [5, 5.41) is 3.24. The van der Waals surface area contributed by atoms with Gasteiger partial charge in [0.2, 0.25) is 0 Å². The van der Waals surface area contributed by atoms with Crippen molar-refractivity contribution in [3.8, 4) is 11.8 Å². The van der Waals surface area contributed by atoms with Crippen LogP contribution in [0.5, 0.6) is 0 Å². The molecule has 0 saturated carbocycles. The summed E-state index contributed by atoms with van der Waals surface area (Å²) in [5.74, 6) is 5.77. The lowest BCUT2D eigenvalue weighted by Gasteiger charge is -2.23. The lowest BCUT2D eigenvalue weighted by molar-refractivity contribution is 0.0127. The summed E-state index contributed by atoms with van der Waals surface area (Å²) in [6.07, 6.45) is 0.00987. The Labute approximate surface area is 79.6 Å². The molecule has 1 aliphatic heterocycles. The molecule has 0 fully saturated rings. The number of hydrogen-bond acceptors (Lipinski definition) is 3. The van der Waals surface area contributed by atoms with E-state index in [1.54, 1.807) is 0 Å². The van der Waals surface area contributed by atoms with Gasteiger partial charge in [-0.05, 0) is 20.8 Å². The van der Waals surface area contributed by atoms with Crippen LogP contribution < -0.4 is 5.32 Å². The average molecular weight is 180 g/mol. The van der Waals surface area contributed by atoms with Crippen molar-refractivity contribution < 1.29 is 4.74 Å². The highest BCUT2D eigenvalue weighted by Gasteiger charge is 2.14. The first-order valence-corrected chi connectivity index (χ1v) is 4.53. The fourth-order valence-electron chi connectivity index (χ4n) is 1.20. The predicted molar refractivity (Wildman–Crippen MR) is 53.8 cm³/mol. The van der Waals surface area contributed by atoms with Gasteiger partial charge < -0.3 is 4.74 Å². The van der Waals surface area contributed by atoms with Crippen LogP contribution in [-0.2, 0) is 4.74 Å². The van der Waals surface area contributed by atoms with Gasteiger partial charge in [0.15, 0.2) is 0 Å². The van der Waals surface area contributed by atoms with Gasteiger partial charge in [-0.2, -0.15) is 0 Å². The Morgan fingerprint density at radius 3 is 3.00 bits per heavy atom. The predicted octanol–water partition coefficient (Wildman–Crippen LogP) is 0.805. The fourth-order valence-corrected chi connectivity index (χ4v) is 1.20. The molecule has 0 aromatic rings. The van der Waals surface area contributed by atoms with Crippen molar-refractivity contribution in [3.63, 3.8) is 0 Å². The van der Waals surface area contributed by atoms with Gasteiger partial charge in [-0.1, -0.05) is 5.92 Å². The molecule has 1 heterocycles. The Kier molecular flexibility index (Phi) is 3.94. The molecule has 0 aliphatic carbocycles. The summed E-state index contributed by atoms with van der Waals surface area (Å²) in [6, 6.07) is 0. The largest absolute Gasteiger partial charge is 0.346 e. The third-order valence-corrected chi connectivity index (χ3v) is 1.83. The molecule has 3 heteroatoms. The smallest absolute Gasteiger partial charge is 0.129 e. The van der Waals surface area contributed by atoms with E-state index in [0.717, 1.165) is 12.3 Å². The van der Waals surface area contributed by atoms with Gasteiger partial charge in [0.1, 0.15) is 12.3 Å². The molecule has 0 radical (unpaired) electrons. The summed E-state index contributed by atoms with van der Waals surface area (Å²) >= 11 is 0. The molecule has 0 saturated heterocycles. The first-order valence-electron chi connectivity index (χ1n) is 4.53. The van der Waals surface area contributed by atoms with Gasteiger partial charge in [0.25, 0.3) is 0 Å². The maximum absolute atomic E-state index is 5.59. The van der Waals surface area contributed by atoms with Crippen molar-refractivity contribution in [3.05, 3.63) is 0 Å². The van der Waals surface area contributed by atoms with Crippen LogP contribution in [0.2, 0.25) is 0 Å². The Morgan fingerprint density at radius 1 is 1.69 bits per heavy atom. The van der Waals surface area contributed by atoms with E-state index in [4.69, 9.17) is 4.74 Å². The van der Waals surface area contributed by atoms with Gasteiger partial charge in [-0.15, -0.1) is 5.92 Å². The fraction of sp³-hybridized carbons (Fsp3) is 0.700. The zero-order valence-electron chi connectivity index (χ0n) is 8.42. The highest BCUT2D eigenvalue weighted by atomic mass is 16.5. The Morgan fingerprint density at radius 2 is 2.46 bits per heavy atom. The van der Waals surface area contributed by atoms with Crippen molar-refractivity contribution in [1.29, 1.82) is 0 Å². The molecular weight excluding hydrogens is 164 g/mol. The van der Waals surface area contributed by atoms with Crippen molar-refractivity contribution >= 4 is 5.71 Å². The minimum atomic E-state index is -0.0175. The molecule has 72 valence electrons. The lowest BCUT2D eigenvalue weighted by atomic mass is 10.3. The van der Waals surface area contributed by atoms with Crippen LogP contribution in [0.25, 0.3) is 0 Å². The average Bonchev–Trinajstić information content (AvgIpc) is 2.09. The van der Waals surface area contributed by atoms with E-state index in [0.29, 0.717) is 6.54 Å². The summed E-state index contributed by atoms with van der Waals surface area (Å²) in [4.78, 5) is 4.31. The molecule has 1 unspecified atom stereocenters. The number of aliphatic imine (C=N–C) groups is 1. The molecule has 0 spiro atoms. The van der Waals surface area contributed by atoms with E-state index >= 15 is 0 Å². The topological polar surface area (TPSA) is 33.6 Å². The second kappa shape index (κ2) is 5.00. The Balaban J connectivity index is 2.33. The molecule has 0 amide bonds. The van der Waals surface area contributed by atoms with E-state index in [2.05, 4.69) is 22.2 Å². The molecular formula is C10H16N2O. The third kappa shape index (κ3) is 3.58. The van der Waals surface area contributed by atoms with E-state index < -0.39 is 0 Å². The maximum atomic E-state index is 5.59. The minimum absolute atomic E-state index is 0.0175. The van der Waals surface area contributed by atoms with Crippen molar-refractivity contribution in [2.75, 3.05) is 13.1 Å². The second-order valence-electron chi connectivity index (χ2n) is 3.12. The van der Waals surface area contributed by atoms with Crippen LogP contribution in [0.1, 0.15) is 20.8 Å². The van der Waals surface area contributed by atoms with Crippen molar-refractivity contribution in [2.45, 2.75) is 33.1 Å². The van der Waals surface area contributed by atoms with Gasteiger partial charge in [-0.3, -0.25) is 10.3 Å². The number of rotatable bonds is 2. The number of ether oxygens (including phenoxy) is 1. The van der Waals surface area contributed by atoms with Crippen LogP contribution in [0, 0.1) is 11.8 Å². The van der Waals surface area contributed by atoms with E-state index in [1.807, 2.05) is 20.8 Å². The monoisotopic (exact) mass is 180 g/mol. The molecule has 0 bridgehead atoms. The van der Waals surface area contributed by atoms with E-state index in [-0.39, 0.29) is 12.3 Å². The summed E-state index contributed by atoms with van der Waals surface area (Å²) in [6.45, 7) is 7.29. The minimum Gasteiger partial charge on any atom is -0.346 e. The first-order chi connectivity index (χ1) is 6.22. The molecule has 0 aromatic carbocycles. The number of nitrogens with zero attached hydrogens (tertiary/aromatic N) is 1. The van der Waals surface area contributed by atoms with Crippen molar-refractivity contribution in [1.82, 2.24) is 5.32 Å². The number of hydrogen-bond donors (Lipinski definition) is 1. The van der Waals surface area contributed by atoms with Gasteiger partial charge in [-0.25, -0.2) is 0 Å². The molecule has 1 aliphatic rings. The Bertz CT molecular complexity index is 249. The quantitative estimate of drug-likeness (QED) is 0.638. The Hall–Kier alpha value is -0.850. The summed E-state index contributed by atoms with van der Waals surface area (Å²) < 4.78 is 5.59. The van der Waals surface area contributed by atoms with Crippen molar-refractivity contribution in [2.24, 2.45) is 4.99 Å². The van der Waals surface area contributed by atoms with Gasteiger partial charge in [0, 0.05) is 12.3 Å². The molecule has 1 rings (SSSR count). The van der Waals surface area contributed by atoms with Crippen LogP contribution >= 0.6 is 0 Å². The second-order valence-corrected chi connectivity index (χ2v) is 3.12. The molecule has 2 atom stereocenters. The summed E-state index contributed by atoms with van der Waals surface area (Å²) in [7, 11) is 0. The molecule has 3 nitrogen and oxygen atoms in total. The van der Waals surface area contributed by atoms with Crippen LogP contribution in [0.15, 0.2) is 4.99 Å². The van der Waals surface area contributed by atoms with Gasteiger partial charge in [0.05, 0.1) is 6.54 Å². The van der Waals surface area contributed by atoms with E-state index in [1.165, 1.54) is 0 Å². The molecule has 13 heavy (non-hydrogen) atoms. The molecule has 0 aromatic heterocycles. The van der Waals surface area contributed by atoms with E-state index in [9.17, 15) is 0 Å². The standard InChI is InChI=1S/C10H16N2O/c1-4-5-9(3)13-10-7-11-8(2)6-12-10/h9-10,12H,6-7H2,1-3H3/t9-,10?/m0/s1. The maximum Gasteiger partial charge on any atom is 0.129 e. The lowest BCUT2D eigenvalue weighted by Crippen LogP contribution is -2.42. The number of nitrogens with one attached hydrogen (secondary N) is 1. The summed E-state index contributed by atoms with van der Waals surface area (Å²) in [5.41, 5.74) is 1.13.